The van der Waals surface area contributed by atoms with Crippen molar-refractivity contribution in [2.45, 2.75) is 0 Å². The Labute approximate surface area is 167 Å². The van der Waals surface area contributed by atoms with E-state index in [1.54, 1.807) is 30.6 Å². The Morgan fingerprint density at radius 1 is 1.00 bits per heavy atom. The number of nitrogen functional groups attached to an aromatic ring is 1. The van der Waals surface area contributed by atoms with E-state index in [0.29, 0.717) is 16.8 Å². The molecular weight excluding hydrogens is 362 g/mol. The predicted molar refractivity (Wildman–Crippen MR) is 117 cm³/mol. The van der Waals surface area contributed by atoms with Gasteiger partial charge in [0.15, 0.2) is 0 Å². The number of anilines is 1. The topological polar surface area (TPSA) is 96.8 Å². The summed E-state index contributed by atoms with van der Waals surface area (Å²) in [7, 11) is 0. The van der Waals surface area contributed by atoms with E-state index in [1.807, 2.05) is 65.4 Å². The minimum Gasteiger partial charge on any atom is -0.384 e. The maximum absolute atomic E-state index is 12.5. The summed E-state index contributed by atoms with van der Waals surface area (Å²) in [5, 5.41) is 10.3. The van der Waals surface area contributed by atoms with Crippen LogP contribution in [0.15, 0.2) is 79.1 Å². The summed E-state index contributed by atoms with van der Waals surface area (Å²) in [6.07, 6.45) is 5.72. The summed E-state index contributed by atoms with van der Waals surface area (Å²) in [5.41, 5.74) is 10.0. The fourth-order valence-electron chi connectivity index (χ4n) is 2.96. The number of aromatic nitrogens is 2. The molecule has 4 rings (SSSR count). The fraction of sp³-hybridized carbons (Fsp3) is 0. The van der Waals surface area contributed by atoms with Crippen LogP contribution in [0, 0.1) is 5.41 Å². The van der Waals surface area contributed by atoms with Gasteiger partial charge in [0.25, 0.3) is 5.91 Å². The summed E-state index contributed by atoms with van der Waals surface area (Å²) in [6.45, 7) is 0. The fourth-order valence-corrected chi connectivity index (χ4v) is 2.96. The molecule has 0 spiro atoms. The molecule has 0 bridgehead atoms. The second-order valence-electron chi connectivity index (χ2n) is 6.53. The van der Waals surface area contributed by atoms with E-state index < -0.39 is 0 Å². The summed E-state index contributed by atoms with van der Waals surface area (Å²) < 4.78 is 1.94. The lowest BCUT2D eigenvalue weighted by molar-refractivity contribution is 0.102. The van der Waals surface area contributed by atoms with Crippen LogP contribution in [0.2, 0.25) is 0 Å². The molecule has 6 heteroatoms. The Morgan fingerprint density at radius 2 is 1.72 bits per heavy atom. The molecule has 0 aliphatic heterocycles. The van der Waals surface area contributed by atoms with Crippen LogP contribution in [0.4, 0.5) is 5.69 Å². The molecule has 142 valence electrons. The van der Waals surface area contributed by atoms with Crippen LogP contribution in [-0.4, -0.2) is 21.3 Å². The summed E-state index contributed by atoms with van der Waals surface area (Å²) >= 11 is 0. The van der Waals surface area contributed by atoms with Crippen LogP contribution in [0.5, 0.6) is 0 Å². The number of nitrogens with one attached hydrogen (secondary N) is 2. The number of benzene rings is 3. The number of nitrogens with zero attached hydrogens (tertiary/aromatic N) is 2. The van der Waals surface area contributed by atoms with Gasteiger partial charge in [-0.2, -0.15) is 0 Å². The number of rotatable bonds is 5. The second kappa shape index (κ2) is 7.82. The number of hydrogen-bond donors (Lipinski definition) is 3. The van der Waals surface area contributed by atoms with Crippen molar-refractivity contribution in [1.29, 1.82) is 5.41 Å². The van der Waals surface area contributed by atoms with Gasteiger partial charge in [-0.15, -0.1) is 0 Å². The third kappa shape index (κ3) is 4.06. The van der Waals surface area contributed by atoms with E-state index in [2.05, 4.69) is 10.3 Å². The van der Waals surface area contributed by atoms with E-state index in [9.17, 15) is 4.79 Å². The van der Waals surface area contributed by atoms with Crippen LogP contribution in [0.1, 0.15) is 21.5 Å². The van der Waals surface area contributed by atoms with Crippen molar-refractivity contribution in [1.82, 2.24) is 9.55 Å². The number of fused-ring (bicyclic) bond motifs is 1. The number of imidazole rings is 1. The molecule has 4 aromatic rings. The molecule has 0 aliphatic rings. The van der Waals surface area contributed by atoms with Gasteiger partial charge in [-0.3, -0.25) is 10.2 Å². The van der Waals surface area contributed by atoms with Crippen molar-refractivity contribution in [3.63, 3.8) is 0 Å². The molecule has 0 saturated carbocycles. The molecule has 0 atom stereocenters. The largest absolute Gasteiger partial charge is 0.384 e. The number of amidine groups is 1. The van der Waals surface area contributed by atoms with Gasteiger partial charge in [-0.25, -0.2) is 4.98 Å². The Bertz CT molecular complexity index is 1210. The predicted octanol–water partition coefficient (Wildman–Crippen LogP) is 4.20. The molecule has 1 aromatic heterocycles. The van der Waals surface area contributed by atoms with Gasteiger partial charge in [0.2, 0.25) is 0 Å². The summed E-state index contributed by atoms with van der Waals surface area (Å²) in [5.74, 6) is -0.262. The average Bonchev–Trinajstić information content (AvgIpc) is 3.15. The average molecular weight is 381 g/mol. The summed E-state index contributed by atoms with van der Waals surface area (Å²) in [6, 6.07) is 22.2. The number of carbonyl (C=O) groups is 1. The number of hydrogen-bond acceptors (Lipinski definition) is 3. The highest BCUT2D eigenvalue weighted by atomic mass is 16.1. The SMILES string of the molecule is N=C(N)c1ccc(C(=O)Nc2ccc3c(c2)ncn3C=Cc2ccccc2)cc1. The molecule has 29 heavy (non-hydrogen) atoms. The molecule has 0 unspecified atom stereocenters. The third-order valence-corrected chi connectivity index (χ3v) is 4.52. The molecule has 0 saturated heterocycles. The van der Waals surface area contributed by atoms with E-state index in [0.717, 1.165) is 16.6 Å². The first kappa shape index (κ1) is 18.2. The minimum absolute atomic E-state index is 0.0284. The monoisotopic (exact) mass is 381 g/mol. The van der Waals surface area contributed by atoms with Crippen molar-refractivity contribution in [3.8, 4) is 0 Å². The van der Waals surface area contributed by atoms with Gasteiger partial charge in [0, 0.05) is 23.0 Å². The Hall–Kier alpha value is -4.19. The quantitative estimate of drug-likeness (QED) is 0.357. The van der Waals surface area contributed by atoms with Crippen molar-refractivity contribution in [2.24, 2.45) is 5.73 Å². The van der Waals surface area contributed by atoms with E-state index in [1.165, 1.54) is 0 Å². The van der Waals surface area contributed by atoms with Crippen LogP contribution in [0.3, 0.4) is 0 Å². The molecule has 1 amide bonds. The van der Waals surface area contributed by atoms with Crippen LogP contribution in [0.25, 0.3) is 23.3 Å². The van der Waals surface area contributed by atoms with Crippen LogP contribution < -0.4 is 11.1 Å². The molecule has 3 aromatic carbocycles. The van der Waals surface area contributed by atoms with Crippen molar-refractivity contribution in [2.75, 3.05) is 5.32 Å². The molecular formula is C23H19N5O. The van der Waals surface area contributed by atoms with Crippen LogP contribution >= 0.6 is 0 Å². The molecule has 4 N–H and O–H groups in total. The third-order valence-electron chi connectivity index (χ3n) is 4.52. The van der Waals surface area contributed by atoms with Gasteiger partial charge < -0.3 is 15.6 Å². The number of nitrogens with two attached hydrogens (primary N) is 1. The first-order chi connectivity index (χ1) is 14.1. The minimum atomic E-state index is -0.233. The second-order valence-corrected chi connectivity index (χ2v) is 6.53. The highest BCUT2D eigenvalue weighted by molar-refractivity contribution is 6.05. The lowest BCUT2D eigenvalue weighted by Gasteiger charge is -2.06. The maximum atomic E-state index is 12.5. The highest BCUT2D eigenvalue weighted by Crippen LogP contribution is 2.20. The van der Waals surface area contributed by atoms with E-state index in [-0.39, 0.29) is 11.7 Å². The highest BCUT2D eigenvalue weighted by Gasteiger charge is 2.08. The number of amides is 1. The molecule has 1 heterocycles. The van der Waals surface area contributed by atoms with E-state index in [4.69, 9.17) is 11.1 Å². The van der Waals surface area contributed by atoms with E-state index >= 15 is 0 Å². The smallest absolute Gasteiger partial charge is 0.255 e. The first-order valence-electron chi connectivity index (χ1n) is 9.06. The van der Waals surface area contributed by atoms with Crippen molar-refractivity contribution >= 4 is 40.7 Å². The van der Waals surface area contributed by atoms with Gasteiger partial charge in [-0.05, 0) is 42.0 Å². The Morgan fingerprint density at radius 3 is 2.45 bits per heavy atom. The van der Waals surface area contributed by atoms with Gasteiger partial charge in [-0.1, -0.05) is 42.5 Å². The molecule has 0 radical (unpaired) electrons. The zero-order valence-electron chi connectivity index (χ0n) is 15.5. The zero-order valence-corrected chi connectivity index (χ0v) is 15.5. The Balaban J connectivity index is 1.51. The Kier molecular flexibility index (Phi) is 4.90. The molecule has 0 aliphatic carbocycles. The van der Waals surface area contributed by atoms with Gasteiger partial charge in [0.05, 0.1) is 17.4 Å². The zero-order chi connectivity index (χ0) is 20.2. The van der Waals surface area contributed by atoms with Crippen molar-refractivity contribution < 1.29 is 4.79 Å². The van der Waals surface area contributed by atoms with Crippen LogP contribution in [-0.2, 0) is 0 Å². The summed E-state index contributed by atoms with van der Waals surface area (Å²) in [4.78, 5) is 16.9. The first-order valence-corrected chi connectivity index (χ1v) is 9.06. The van der Waals surface area contributed by atoms with Crippen molar-refractivity contribution in [3.05, 3.63) is 95.8 Å². The lowest BCUT2D eigenvalue weighted by atomic mass is 10.1. The lowest BCUT2D eigenvalue weighted by Crippen LogP contribution is -2.14. The molecule has 6 nitrogen and oxygen atoms in total. The van der Waals surface area contributed by atoms with Gasteiger partial charge >= 0.3 is 0 Å². The standard InChI is InChI=1S/C23H19N5O/c24-22(25)17-6-8-18(9-7-17)23(29)27-19-10-11-21-20(14-19)26-15-28(21)13-12-16-4-2-1-3-5-16/h1-15H,(H3,24,25)(H,27,29). The normalized spacial score (nSPS) is 11.0. The molecule has 0 fully saturated rings. The van der Waals surface area contributed by atoms with Gasteiger partial charge in [0.1, 0.15) is 5.84 Å². The number of carbonyl (C=O) groups excluding carboxylic acids is 1. The maximum Gasteiger partial charge on any atom is 0.255 e.